The minimum Gasteiger partial charge on any atom is -0.391 e. The monoisotopic (exact) mass is 402 g/mol. The zero-order valence-corrected chi connectivity index (χ0v) is 15.0. The van der Waals surface area contributed by atoms with Crippen molar-refractivity contribution in [2.75, 3.05) is 11.9 Å². The topological polar surface area (TPSA) is 87.9 Å². The van der Waals surface area contributed by atoms with Gasteiger partial charge in [-0.3, -0.25) is 0 Å². The highest BCUT2D eigenvalue weighted by atomic mass is 19.4. The maximum absolute atomic E-state index is 12.7. The van der Waals surface area contributed by atoms with Gasteiger partial charge in [-0.05, 0) is 41.6 Å². The number of halogens is 3. The van der Waals surface area contributed by atoms with Gasteiger partial charge in [0.1, 0.15) is 0 Å². The smallest absolute Gasteiger partial charge is 0.391 e. The first-order valence-corrected chi connectivity index (χ1v) is 9.16. The number of piperidine rings is 1. The molecule has 10 heteroatoms. The second-order valence-corrected chi connectivity index (χ2v) is 7.25. The average Bonchev–Trinajstić information content (AvgIpc) is 3.01. The SMILES string of the molecule is O[C@@H]1CNC2C(n3nnc(-c4ccccc4Nc4ccc(C(F)(F)F)cc4)n3)[C@H]21. The van der Waals surface area contributed by atoms with E-state index in [2.05, 4.69) is 26.0 Å². The van der Waals surface area contributed by atoms with Gasteiger partial charge >= 0.3 is 6.18 Å². The molecule has 2 aliphatic rings. The van der Waals surface area contributed by atoms with Gasteiger partial charge < -0.3 is 15.7 Å². The molecule has 2 unspecified atom stereocenters. The number of alkyl halides is 3. The maximum Gasteiger partial charge on any atom is 0.416 e. The highest BCUT2D eigenvalue weighted by Crippen LogP contribution is 2.48. The molecule has 150 valence electrons. The number of anilines is 2. The van der Waals surface area contributed by atoms with E-state index in [1.54, 1.807) is 6.07 Å². The van der Waals surface area contributed by atoms with E-state index in [0.717, 1.165) is 12.1 Å². The van der Waals surface area contributed by atoms with Gasteiger partial charge in [-0.25, -0.2) is 0 Å². The standard InChI is InChI=1S/C19H17F3N6O/c20-19(21,22)10-5-7-11(8-6-10)24-13-4-2-1-3-12(13)18-25-27-28(26-18)17-15-14(29)9-23-16(15)17/h1-8,14-17,23-24,29H,9H2/t14-,15+,16?,17?/m1/s1. The predicted molar refractivity (Wildman–Crippen MR) is 98.3 cm³/mol. The first-order valence-electron chi connectivity index (χ1n) is 9.16. The van der Waals surface area contributed by atoms with Crippen molar-refractivity contribution in [2.45, 2.75) is 24.4 Å². The Morgan fingerprint density at radius 1 is 1.10 bits per heavy atom. The van der Waals surface area contributed by atoms with Crippen molar-refractivity contribution in [1.82, 2.24) is 25.5 Å². The van der Waals surface area contributed by atoms with E-state index in [4.69, 9.17) is 0 Å². The second-order valence-electron chi connectivity index (χ2n) is 7.25. The number of nitrogens with zero attached hydrogens (tertiary/aromatic N) is 4. The van der Waals surface area contributed by atoms with Crippen molar-refractivity contribution in [3.63, 3.8) is 0 Å². The van der Waals surface area contributed by atoms with Gasteiger partial charge in [0, 0.05) is 35.4 Å². The first-order chi connectivity index (χ1) is 13.9. The molecule has 2 fully saturated rings. The Morgan fingerprint density at radius 3 is 2.55 bits per heavy atom. The second kappa shape index (κ2) is 6.53. The van der Waals surface area contributed by atoms with Gasteiger partial charge in [-0.15, -0.1) is 10.2 Å². The summed E-state index contributed by atoms with van der Waals surface area (Å²) >= 11 is 0. The number of tetrazole rings is 1. The number of para-hydroxylation sites is 1. The third-order valence-corrected chi connectivity index (χ3v) is 5.40. The largest absolute Gasteiger partial charge is 0.416 e. The fraction of sp³-hybridized carbons (Fsp3) is 0.316. The number of hydrogen-bond acceptors (Lipinski definition) is 6. The third-order valence-electron chi connectivity index (χ3n) is 5.40. The number of aromatic nitrogens is 4. The number of benzene rings is 2. The van der Waals surface area contributed by atoms with Crippen LogP contribution in [0.15, 0.2) is 48.5 Å². The van der Waals surface area contributed by atoms with E-state index in [1.807, 2.05) is 18.2 Å². The molecule has 2 heterocycles. The van der Waals surface area contributed by atoms with Crippen LogP contribution in [0.2, 0.25) is 0 Å². The Hall–Kier alpha value is -2.98. The molecule has 3 N–H and O–H groups in total. The maximum atomic E-state index is 12.7. The Morgan fingerprint density at radius 2 is 1.86 bits per heavy atom. The van der Waals surface area contributed by atoms with E-state index in [1.165, 1.54) is 16.9 Å². The molecule has 2 aromatic carbocycles. The van der Waals surface area contributed by atoms with E-state index < -0.39 is 17.8 Å². The average molecular weight is 402 g/mol. The quantitative estimate of drug-likeness (QED) is 0.622. The van der Waals surface area contributed by atoms with Crippen LogP contribution in [0.4, 0.5) is 24.5 Å². The number of β-amino-alcohol motifs (C(OH)–C–C–N with tert-alkyl or cyclic N) is 1. The third kappa shape index (κ3) is 3.23. The summed E-state index contributed by atoms with van der Waals surface area (Å²) in [5.41, 5.74) is 1.15. The molecule has 29 heavy (non-hydrogen) atoms. The summed E-state index contributed by atoms with van der Waals surface area (Å²) in [6, 6.07) is 12.2. The summed E-state index contributed by atoms with van der Waals surface area (Å²) in [7, 11) is 0. The van der Waals surface area contributed by atoms with E-state index >= 15 is 0 Å². The Balaban J connectivity index is 1.38. The summed E-state index contributed by atoms with van der Waals surface area (Å²) in [6.45, 7) is 0.577. The summed E-state index contributed by atoms with van der Waals surface area (Å²) in [4.78, 5) is 1.52. The van der Waals surface area contributed by atoms with Gasteiger partial charge in [0.05, 0.1) is 17.7 Å². The summed E-state index contributed by atoms with van der Waals surface area (Å²) in [5, 5.41) is 29.0. The van der Waals surface area contributed by atoms with Crippen molar-refractivity contribution < 1.29 is 18.3 Å². The number of rotatable bonds is 4. The molecule has 4 atom stereocenters. The van der Waals surface area contributed by atoms with Gasteiger partial charge in [-0.2, -0.15) is 18.0 Å². The van der Waals surface area contributed by atoms with Crippen LogP contribution < -0.4 is 10.6 Å². The van der Waals surface area contributed by atoms with Crippen molar-refractivity contribution in [2.24, 2.45) is 5.92 Å². The summed E-state index contributed by atoms with van der Waals surface area (Å²) < 4.78 is 38.2. The van der Waals surface area contributed by atoms with Crippen LogP contribution in [-0.4, -0.2) is 44.0 Å². The molecule has 3 aromatic rings. The molecule has 1 saturated carbocycles. The normalized spacial score (nSPS) is 25.7. The molecule has 5 rings (SSSR count). The number of hydrogen-bond donors (Lipinski definition) is 3. The van der Waals surface area contributed by atoms with Gasteiger partial charge in [0.15, 0.2) is 0 Å². The van der Waals surface area contributed by atoms with Gasteiger partial charge in [-0.1, -0.05) is 12.1 Å². The molecule has 0 amide bonds. The highest BCUT2D eigenvalue weighted by Gasteiger charge is 2.60. The predicted octanol–water partition coefficient (Wildman–Crippen LogP) is 2.61. The van der Waals surface area contributed by atoms with Crippen LogP contribution in [-0.2, 0) is 6.18 Å². The zero-order chi connectivity index (χ0) is 20.2. The lowest BCUT2D eigenvalue weighted by Crippen LogP contribution is -2.25. The lowest BCUT2D eigenvalue weighted by Gasteiger charge is -2.11. The molecule has 0 radical (unpaired) electrons. The molecular weight excluding hydrogens is 385 g/mol. The molecule has 1 saturated heterocycles. The summed E-state index contributed by atoms with van der Waals surface area (Å²) in [6.07, 6.45) is -4.78. The fourth-order valence-corrected chi connectivity index (χ4v) is 3.88. The summed E-state index contributed by atoms with van der Waals surface area (Å²) in [5.74, 6) is 0.497. The van der Waals surface area contributed by atoms with Crippen molar-refractivity contribution in [3.8, 4) is 11.4 Å². The molecule has 1 aromatic heterocycles. The minimum absolute atomic E-state index is 0.0185. The van der Waals surface area contributed by atoms with Crippen LogP contribution in [0.3, 0.4) is 0 Å². The fourth-order valence-electron chi connectivity index (χ4n) is 3.88. The van der Waals surface area contributed by atoms with E-state index in [9.17, 15) is 18.3 Å². The van der Waals surface area contributed by atoms with Crippen LogP contribution in [0.1, 0.15) is 11.6 Å². The molecule has 0 spiro atoms. The van der Waals surface area contributed by atoms with E-state index in [-0.39, 0.29) is 18.0 Å². The first kappa shape index (κ1) is 18.1. The lowest BCUT2D eigenvalue weighted by molar-refractivity contribution is -0.137. The molecule has 7 nitrogen and oxygen atoms in total. The van der Waals surface area contributed by atoms with Gasteiger partial charge in [0.2, 0.25) is 5.82 Å². The lowest BCUT2D eigenvalue weighted by atomic mass is 10.1. The molecule has 1 aliphatic carbocycles. The van der Waals surface area contributed by atoms with Crippen LogP contribution >= 0.6 is 0 Å². The Kier molecular flexibility index (Phi) is 4.07. The minimum atomic E-state index is -4.37. The number of fused-ring (bicyclic) bond motifs is 1. The van der Waals surface area contributed by atoms with Crippen molar-refractivity contribution in [1.29, 1.82) is 0 Å². The zero-order valence-electron chi connectivity index (χ0n) is 15.0. The van der Waals surface area contributed by atoms with Crippen molar-refractivity contribution in [3.05, 3.63) is 54.1 Å². The molecule has 1 aliphatic heterocycles. The van der Waals surface area contributed by atoms with Crippen LogP contribution in [0.5, 0.6) is 0 Å². The highest BCUT2D eigenvalue weighted by molar-refractivity contribution is 5.77. The molecular formula is C19H17F3N6O. The number of aliphatic hydroxyl groups is 1. The number of nitrogens with one attached hydrogen (secondary N) is 2. The van der Waals surface area contributed by atoms with E-state index in [0.29, 0.717) is 29.3 Å². The van der Waals surface area contributed by atoms with Crippen LogP contribution in [0, 0.1) is 5.92 Å². The van der Waals surface area contributed by atoms with Crippen molar-refractivity contribution >= 4 is 11.4 Å². The Labute approximate surface area is 163 Å². The Bertz CT molecular complexity index is 1030. The molecule has 0 bridgehead atoms. The number of aliphatic hydroxyl groups excluding tert-OH is 1. The van der Waals surface area contributed by atoms with Crippen LogP contribution in [0.25, 0.3) is 11.4 Å². The van der Waals surface area contributed by atoms with Gasteiger partial charge in [0.25, 0.3) is 0 Å².